The summed E-state index contributed by atoms with van der Waals surface area (Å²) in [5, 5.41) is 3.65. The maximum atomic E-state index is 12.0. The number of amides is 1. The van der Waals surface area contributed by atoms with E-state index in [9.17, 15) is 4.79 Å². The van der Waals surface area contributed by atoms with Crippen molar-refractivity contribution in [2.24, 2.45) is 11.7 Å². The van der Waals surface area contributed by atoms with Gasteiger partial charge in [-0.3, -0.25) is 9.69 Å². The van der Waals surface area contributed by atoms with Crippen molar-refractivity contribution < 1.29 is 4.79 Å². The Hall–Kier alpha value is -0.810. The number of carbonyl (C=O) groups excluding carboxylic acids is 1. The van der Waals surface area contributed by atoms with Crippen molar-refractivity contribution in [2.75, 3.05) is 19.6 Å². The molecule has 0 spiro atoms. The SMILES string of the molecule is CC1CC(CN)CN1CC(=O)NCc1ccc(Cl)cc1.Cl. The van der Waals surface area contributed by atoms with E-state index >= 15 is 0 Å². The molecule has 6 heteroatoms. The van der Waals surface area contributed by atoms with E-state index in [1.165, 1.54) is 0 Å². The topological polar surface area (TPSA) is 58.4 Å². The van der Waals surface area contributed by atoms with Gasteiger partial charge in [0.15, 0.2) is 0 Å². The summed E-state index contributed by atoms with van der Waals surface area (Å²) in [6, 6.07) is 7.94. The number of likely N-dealkylation sites (tertiary alicyclic amines) is 1. The number of rotatable bonds is 5. The maximum Gasteiger partial charge on any atom is 0.234 e. The van der Waals surface area contributed by atoms with Crippen molar-refractivity contribution in [3.8, 4) is 0 Å². The lowest BCUT2D eigenvalue weighted by molar-refractivity contribution is -0.122. The zero-order valence-corrected chi connectivity index (χ0v) is 13.8. The lowest BCUT2D eigenvalue weighted by atomic mass is 10.1. The quantitative estimate of drug-likeness (QED) is 0.868. The molecule has 2 unspecified atom stereocenters. The second-order valence-electron chi connectivity index (χ2n) is 5.52. The second kappa shape index (κ2) is 8.59. The van der Waals surface area contributed by atoms with Crippen molar-refractivity contribution in [2.45, 2.75) is 25.9 Å². The Bertz CT molecular complexity index is 453. The molecular formula is C15H23Cl2N3O. The molecule has 1 fully saturated rings. The summed E-state index contributed by atoms with van der Waals surface area (Å²) >= 11 is 5.83. The molecule has 3 N–H and O–H groups in total. The molecule has 0 saturated carbocycles. The molecule has 1 aromatic carbocycles. The Balaban J connectivity index is 0.00000220. The third kappa shape index (κ3) is 5.47. The van der Waals surface area contributed by atoms with Crippen molar-refractivity contribution >= 4 is 29.9 Å². The first-order valence-electron chi connectivity index (χ1n) is 7.03. The standard InChI is InChI=1S/C15H22ClN3O.ClH/c1-11-6-13(7-17)9-19(11)10-15(20)18-8-12-2-4-14(16)5-3-12;/h2-5,11,13H,6-10,17H2,1H3,(H,18,20);1H. The lowest BCUT2D eigenvalue weighted by Crippen LogP contribution is -2.39. The van der Waals surface area contributed by atoms with Crippen molar-refractivity contribution in [1.82, 2.24) is 10.2 Å². The Morgan fingerprint density at radius 2 is 2.10 bits per heavy atom. The van der Waals surface area contributed by atoms with E-state index in [0.717, 1.165) is 18.5 Å². The summed E-state index contributed by atoms with van der Waals surface area (Å²) in [5.41, 5.74) is 6.75. The monoisotopic (exact) mass is 331 g/mol. The van der Waals surface area contributed by atoms with Crippen LogP contribution >= 0.6 is 24.0 Å². The molecule has 2 rings (SSSR count). The first-order chi connectivity index (χ1) is 9.58. The predicted octanol–water partition coefficient (Wildman–Crippen LogP) is 2.05. The van der Waals surface area contributed by atoms with Gasteiger partial charge in [0, 0.05) is 24.2 Å². The van der Waals surface area contributed by atoms with E-state index in [2.05, 4.69) is 17.1 Å². The minimum Gasteiger partial charge on any atom is -0.351 e. The molecule has 0 radical (unpaired) electrons. The fourth-order valence-corrected chi connectivity index (χ4v) is 2.78. The van der Waals surface area contributed by atoms with E-state index in [0.29, 0.717) is 36.6 Å². The van der Waals surface area contributed by atoms with Gasteiger partial charge in [0.25, 0.3) is 0 Å². The van der Waals surface area contributed by atoms with Gasteiger partial charge >= 0.3 is 0 Å². The number of halogens is 2. The Labute approximate surface area is 137 Å². The third-order valence-electron chi connectivity index (χ3n) is 3.87. The van der Waals surface area contributed by atoms with Crippen LogP contribution in [0.2, 0.25) is 5.02 Å². The maximum absolute atomic E-state index is 12.0. The number of benzene rings is 1. The number of nitrogens with two attached hydrogens (primary N) is 1. The van der Waals surface area contributed by atoms with Crippen LogP contribution in [0.4, 0.5) is 0 Å². The highest BCUT2D eigenvalue weighted by molar-refractivity contribution is 6.30. The van der Waals surface area contributed by atoms with Gasteiger partial charge in [0.2, 0.25) is 5.91 Å². The molecule has 1 heterocycles. The molecule has 1 amide bonds. The van der Waals surface area contributed by atoms with Crippen LogP contribution in [-0.4, -0.2) is 36.5 Å². The molecule has 0 aliphatic carbocycles. The molecule has 118 valence electrons. The molecule has 21 heavy (non-hydrogen) atoms. The molecule has 1 saturated heterocycles. The fourth-order valence-electron chi connectivity index (χ4n) is 2.65. The Morgan fingerprint density at radius 3 is 2.67 bits per heavy atom. The average Bonchev–Trinajstić information content (AvgIpc) is 2.79. The highest BCUT2D eigenvalue weighted by Gasteiger charge is 2.29. The van der Waals surface area contributed by atoms with Gasteiger partial charge in [-0.15, -0.1) is 12.4 Å². The summed E-state index contributed by atoms with van der Waals surface area (Å²) in [5.74, 6) is 0.582. The average molecular weight is 332 g/mol. The minimum absolute atomic E-state index is 0. The predicted molar refractivity (Wildman–Crippen MR) is 88.7 cm³/mol. The van der Waals surface area contributed by atoms with Gasteiger partial charge in [0.05, 0.1) is 6.54 Å². The largest absolute Gasteiger partial charge is 0.351 e. The van der Waals surface area contributed by atoms with Gasteiger partial charge in [-0.1, -0.05) is 23.7 Å². The van der Waals surface area contributed by atoms with Crippen LogP contribution in [0, 0.1) is 5.92 Å². The summed E-state index contributed by atoms with van der Waals surface area (Å²) in [6.45, 7) is 4.77. The number of nitrogens with zero attached hydrogens (tertiary/aromatic N) is 1. The Morgan fingerprint density at radius 1 is 1.43 bits per heavy atom. The van der Waals surface area contributed by atoms with Gasteiger partial charge in [-0.25, -0.2) is 0 Å². The smallest absolute Gasteiger partial charge is 0.234 e. The minimum atomic E-state index is 0. The van der Waals surface area contributed by atoms with Gasteiger partial charge in [0.1, 0.15) is 0 Å². The van der Waals surface area contributed by atoms with E-state index in [-0.39, 0.29) is 18.3 Å². The van der Waals surface area contributed by atoms with Crippen LogP contribution in [0.1, 0.15) is 18.9 Å². The lowest BCUT2D eigenvalue weighted by Gasteiger charge is -2.20. The normalized spacial score (nSPS) is 21.9. The summed E-state index contributed by atoms with van der Waals surface area (Å²) in [7, 11) is 0. The number of hydrogen-bond donors (Lipinski definition) is 2. The fraction of sp³-hybridized carbons (Fsp3) is 0.533. The highest BCUT2D eigenvalue weighted by Crippen LogP contribution is 2.21. The molecule has 1 aliphatic heterocycles. The van der Waals surface area contributed by atoms with E-state index in [1.807, 2.05) is 24.3 Å². The number of carbonyl (C=O) groups is 1. The summed E-state index contributed by atoms with van der Waals surface area (Å²) in [4.78, 5) is 14.2. The first kappa shape index (κ1) is 18.2. The van der Waals surface area contributed by atoms with Gasteiger partial charge in [-0.05, 0) is 43.5 Å². The third-order valence-corrected chi connectivity index (χ3v) is 4.13. The van der Waals surface area contributed by atoms with Crippen LogP contribution in [0.5, 0.6) is 0 Å². The zero-order chi connectivity index (χ0) is 14.5. The van der Waals surface area contributed by atoms with E-state index in [1.54, 1.807) is 0 Å². The van der Waals surface area contributed by atoms with Crippen molar-refractivity contribution in [3.63, 3.8) is 0 Å². The summed E-state index contributed by atoms with van der Waals surface area (Å²) < 4.78 is 0. The van der Waals surface area contributed by atoms with Crippen LogP contribution in [0.15, 0.2) is 24.3 Å². The molecular weight excluding hydrogens is 309 g/mol. The van der Waals surface area contributed by atoms with Crippen molar-refractivity contribution in [3.05, 3.63) is 34.9 Å². The van der Waals surface area contributed by atoms with E-state index in [4.69, 9.17) is 17.3 Å². The Kier molecular flexibility index (Phi) is 7.46. The highest BCUT2D eigenvalue weighted by atomic mass is 35.5. The molecule has 1 aliphatic rings. The summed E-state index contributed by atoms with van der Waals surface area (Å²) in [6.07, 6.45) is 1.08. The van der Waals surface area contributed by atoms with Gasteiger partial charge in [-0.2, -0.15) is 0 Å². The first-order valence-corrected chi connectivity index (χ1v) is 7.41. The molecule has 2 atom stereocenters. The molecule has 4 nitrogen and oxygen atoms in total. The zero-order valence-electron chi connectivity index (χ0n) is 12.2. The van der Waals surface area contributed by atoms with Crippen LogP contribution in [0.3, 0.4) is 0 Å². The molecule has 0 bridgehead atoms. The van der Waals surface area contributed by atoms with Crippen LogP contribution in [-0.2, 0) is 11.3 Å². The van der Waals surface area contributed by atoms with E-state index < -0.39 is 0 Å². The molecule has 0 aromatic heterocycles. The molecule has 1 aromatic rings. The number of hydrogen-bond acceptors (Lipinski definition) is 3. The number of nitrogens with one attached hydrogen (secondary N) is 1. The van der Waals surface area contributed by atoms with Crippen molar-refractivity contribution in [1.29, 1.82) is 0 Å². The van der Waals surface area contributed by atoms with Gasteiger partial charge < -0.3 is 11.1 Å². The van der Waals surface area contributed by atoms with Crippen LogP contribution in [0.25, 0.3) is 0 Å². The van der Waals surface area contributed by atoms with Crippen LogP contribution < -0.4 is 11.1 Å². The second-order valence-corrected chi connectivity index (χ2v) is 5.96.